The molecule has 106 valence electrons. The third kappa shape index (κ3) is 3.69. The number of halogens is 1. The number of hydrogen-bond donors (Lipinski definition) is 1. The molecule has 0 aliphatic heterocycles. The number of nitrogens with zero attached hydrogens (tertiary/aromatic N) is 1. The molecule has 1 aromatic heterocycles. The van der Waals surface area contributed by atoms with Crippen molar-refractivity contribution in [2.24, 2.45) is 5.73 Å². The van der Waals surface area contributed by atoms with E-state index in [2.05, 4.69) is 15.9 Å². The lowest BCUT2D eigenvalue weighted by molar-refractivity contribution is -0.131. The van der Waals surface area contributed by atoms with Gasteiger partial charge in [-0.25, -0.2) is 0 Å². The maximum Gasteiger partial charge on any atom is 0.231 e. The van der Waals surface area contributed by atoms with Crippen LogP contribution in [0.5, 0.6) is 0 Å². The van der Waals surface area contributed by atoms with Crippen molar-refractivity contribution in [1.29, 1.82) is 0 Å². The maximum atomic E-state index is 12.5. The summed E-state index contributed by atoms with van der Waals surface area (Å²) in [5.74, 6) is -0.218. The van der Waals surface area contributed by atoms with Crippen molar-refractivity contribution in [3.63, 3.8) is 0 Å². The van der Waals surface area contributed by atoms with Crippen molar-refractivity contribution >= 4 is 33.2 Å². The topological polar surface area (TPSA) is 46.3 Å². The van der Waals surface area contributed by atoms with Crippen LogP contribution in [-0.4, -0.2) is 24.4 Å². The van der Waals surface area contributed by atoms with E-state index in [4.69, 9.17) is 5.73 Å². The van der Waals surface area contributed by atoms with Gasteiger partial charge in [-0.3, -0.25) is 4.79 Å². The number of amides is 1. The molecule has 0 saturated carbocycles. The summed E-state index contributed by atoms with van der Waals surface area (Å²) in [6.07, 6.45) is 0. The molecule has 3 nitrogen and oxygen atoms in total. The summed E-state index contributed by atoms with van der Waals surface area (Å²) < 4.78 is 1.08. The fourth-order valence-corrected chi connectivity index (χ4v) is 3.31. The Balaban J connectivity index is 2.08. The Morgan fingerprint density at radius 3 is 2.65 bits per heavy atom. The molecule has 0 radical (unpaired) electrons. The Morgan fingerprint density at radius 1 is 1.40 bits per heavy atom. The van der Waals surface area contributed by atoms with Crippen molar-refractivity contribution in [2.45, 2.75) is 12.5 Å². The predicted molar refractivity (Wildman–Crippen MR) is 86.7 cm³/mol. The maximum absolute atomic E-state index is 12.5. The van der Waals surface area contributed by atoms with Crippen molar-refractivity contribution in [2.75, 3.05) is 13.6 Å². The smallest absolute Gasteiger partial charge is 0.231 e. The highest BCUT2D eigenvalue weighted by molar-refractivity contribution is 9.11. The monoisotopic (exact) mass is 352 g/mol. The van der Waals surface area contributed by atoms with Gasteiger partial charge in [0.15, 0.2) is 0 Å². The van der Waals surface area contributed by atoms with Crippen molar-refractivity contribution in [1.82, 2.24) is 4.90 Å². The molecule has 0 saturated heterocycles. The molecule has 1 atom stereocenters. The molecule has 0 aliphatic carbocycles. The highest BCUT2D eigenvalue weighted by Crippen LogP contribution is 2.23. The van der Waals surface area contributed by atoms with Crippen molar-refractivity contribution in [3.05, 3.63) is 56.7 Å². The van der Waals surface area contributed by atoms with Gasteiger partial charge in [-0.2, -0.15) is 0 Å². The summed E-state index contributed by atoms with van der Waals surface area (Å²) in [7, 11) is 1.82. The highest BCUT2D eigenvalue weighted by atomic mass is 79.9. The Bertz CT molecular complexity index is 570. The number of thiophene rings is 1. The van der Waals surface area contributed by atoms with Crippen molar-refractivity contribution < 1.29 is 4.79 Å². The van der Waals surface area contributed by atoms with Gasteiger partial charge in [-0.1, -0.05) is 30.3 Å². The van der Waals surface area contributed by atoms with Crippen molar-refractivity contribution in [3.8, 4) is 0 Å². The fraction of sp³-hybridized carbons (Fsp3) is 0.267. The molecule has 2 aromatic rings. The lowest BCUT2D eigenvalue weighted by atomic mass is 9.98. The minimum absolute atomic E-state index is 0.0565. The molecule has 1 aromatic carbocycles. The van der Waals surface area contributed by atoms with Crippen LogP contribution < -0.4 is 5.73 Å². The van der Waals surface area contributed by atoms with Gasteiger partial charge >= 0.3 is 0 Å². The van der Waals surface area contributed by atoms with Gasteiger partial charge in [0, 0.05) is 20.1 Å². The van der Waals surface area contributed by atoms with Crippen LogP contribution in [0.4, 0.5) is 0 Å². The number of hydrogen-bond acceptors (Lipinski definition) is 3. The molecule has 5 heteroatoms. The lowest BCUT2D eigenvalue weighted by Crippen LogP contribution is -2.34. The summed E-state index contributed by atoms with van der Waals surface area (Å²) in [5.41, 5.74) is 7.89. The molecule has 1 amide bonds. The average molecular weight is 353 g/mol. The standard InChI is InChI=1S/C15H17BrN2OS/c1-18(9-11-7-14(16)20-10-11)15(19)13(8-17)12-5-3-2-4-6-12/h2-7,10,13H,8-9,17H2,1H3. The van der Waals surface area contributed by atoms with Gasteiger partial charge in [0.2, 0.25) is 5.91 Å². The number of benzene rings is 1. The first-order valence-corrected chi connectivity index (χ1v) is 8.02. The average Bonchev–Trinajstić information content (AvgIpc) is 2.86. The van der Waals surface area contributed by atoms with Gasteiger partial charge in [0.25, 0.3) is 0 Å². The van der Waals surface area contributed by atoms with E-state index in [1.807, 2.05) is 48.8 Å². The second kappa shape index (κ2) is 7.02. The summed E-state index contributed by atoms with van der Waals surface area (Å²) in [5, 5.41) is 2.05. The number of rotatable bonds is 5. The van der Waals surface area contributed by atoms with Crippen LogP contribution in [0, 0.1) is 0 Å². The Labute approximate surface area is 131 Å². The first-order chi connectivity index (χ1) is 9.61. The molecule has 0 bridgehead atoms. The van der Waals surface area contributed by atoms with E-state index < -0.39 is 0 Å². The van der Waals surface area contributed by atoms with Crippen LogP contribution in [-0.2, 0) is 11.3 Å². The normalized spacial score (nSPS) is 12.2. The summed E-state index contributed by atoms with van der Waals surface area (Å²) in [4.78, 5) is 14.3. The van der Waals surface area contributed by atoms with Crippen LogP contribution >= 0.6 is 27.3 Å². The van der Waals surface area contributed by atoms with Crippen LogP contribution in [0.25, 0.3) is 0 Å². The fourth-order valence-electron chi connectivity index (χ4n) is 2.11. The molecule has 1 heterocycles. The molecular formula is C15H17BrN2OS. The van der Waals surface area contributed by atoms with Crippen LogP contribution in [0.3, 0.4) is 0 Å². The largest absolute Gasteiger partial charge is 0.341 e. The van der Waals surface area contributed by atoms with E-state index >= 15 is 0 Å². The van der Waals surface area contributed by atoms with E-state index in [1.165, 1.54) is 0 Å². The molecule has 20 heavy (non-hydrogen) atoms. The molecule has 2 rings (SSSR count). The lowest BCUT2D eigenvalue weighted by Gasteiger charge is -2.23. The molecule has 2 N–H and O–H groups in total. The van der Waals surface area contributed by atoms with E-state index in [1.54, 1.807) is 16.2 Å². The molecular weight excluding hydrogens is 336 g/mol. The third-order valence-electron chi connectivity index (χ3n) is 3.15. The van der Waals surface area contributed by atoms with Crippen LogP contribution in [0.15, 0.2) is 45.6 Å². The number of likely N-dealkylation sites (N-methyl/N-ethyl adjacent to an activating group) is 1. The first-order valence-electron chi connectivity index (χ1n) is 6.34. The number of carbonyl (C=O) groups is 1. The molecule has 0 aliphatic rings. The minimum atomic E-state index is -0.275. The zero-order valence-electron chi connectivity index (χ0n) is 11.3. The highest BCUT2D eigenvalue weighted by Gasteiger charge is 2.22. The summed E-state index contributed by atoms with van der Waals surface area (Å²) >= 11 is 5.06. The third-order valence-corrected chi connectivity index (χ3v) is 4.71. The van der Waals surface area contributed by atoms with Crippen LogP contribution in [0.2, 0.25) is 0 Å². The Kier molecular flexibility index (Phi) is 5.34. The minimum Gasteiger partial charge on any atom is -0.341 e. The van der Waals surface area contributed by atoms with Crippen LogP contribution in [0.1, 0.15) is 17.0 Å². The zero-order chi connectivity index (χ0) is 14.5. The van der Waals surface area contributed by atoms with Gasteiger partial charge in [-0.05, 0) is 38.5 Å². The SMILES string of the molecule is CN(Cc1csc(Br)c1)C(=O)C(CN)c1ccccc1. The van der Waals surface area contributed by atoms with E-state index in [0.717, 1.165) is 14.9 Å². The predicted octanol–water partition coefficient (Wildman–Crippen LogP) is 3.21. The first kappa shape index (κ1) is 15.2. The second-order valence-corrected chi connectivity index (χ2v) is 6.94. The number of carbonyl (C=O) groups excluding carboxylic acids is 1. The Morgan fingerprint density at radius 2 is 2.10 bits per heavy atom. The van der Waals surface area contributed by atoms with E-state index in [9.17, 15) is 4.79 Å². The zero-order valence-corrected chi connectivity index (χ0v) is 13.7. The molecule has 1 unspecified atom stereocenters. The number of nitrogens with two attached hydrogens (primary N) is 1. The van der Waals surface area contributed by atoms with E-state index in [0.29, 0.717) is 13.1 Å². The van der Waals surface area contributed by atoms with E-state index in [-0.39, 0.29) is 11.8 Å². The second-order valence-electron chi connectivity index (χ2n) is 4.65. The molecule has 0 spiro atoms. The molecule has 0 fully saturated rings. The summed E-state index contributed by atoms with van der Waals surface area (Å²) in [6, 6.07) is 11.7. The van der Waals surface area contributed by atoms with Gasteiger partial charge < -0.3 is 10.6 Å². The quantitative estimate of drug-likeness (QED) is 0.897. The Hall–Kier alpha value is -1.17. The van der Waals surface area contributed by atoms with Gasteiger partial charge in [-0.15, -0.1) is 11.3 Å². The summed E-state index contributed by atoms with van der Waals surface area (Å²) in [6.45, 7) is 0.921. The van der Waals surface area contributed by atoms with Gasteiger partial charge in [0.05, 0.1) is 9.70 Å². The van der Waals surface area contributed by atoms with Gasteiger partial charge in [0.1, 0.15) is 0 Å².